The van der Waals surface area contributed by atoms with Crippen LogP contribution < -0.4 is 4.90 Å². The Bertz CT molecular complexity index is 624. The van der Waals surface area contributed by atoms with Gasteiger partial charge in [-0.2, -0.15) is 18.4 Å². The molecule has 0 radical (unpaired) electrons. The second-order valence-corrected chi connectivity index (χ2v) is 4.83. The van der Waals surface area contributed by atoms with Gasteiger partial charge in [-0.05, 0) is 24.6 Å². The number of carboxylic acid groups (broad SMARTS) is 1. The molecule has 1 fully saturated rings. The summed E-state index contributed by atoms with van der Waals surface area (Å²) < 4.78 is 52.9. The van der Waals surface area contributed by atoms with Crippen LogP contribution in [0.15, 0.2) is 18.2 Å². The number of rotatable bonds is 2. The molecule has 1 aliphatic rings. The van der Waals surface area contributed by atoms with E-state index in [-0.39, 0.29) is 17.8 Å². The highest BCUT2D eigenvalue weighted by molar-refractivity contribution is 5.78. The Labute approximate surface area is 117 Å². The maximum absolute atomic E-state index is 13.8. The summed E-state index contributed by atoms with van der Waals surface area (Å²) in [5.74, 6) is -2.82. The highest BCUT2D eigenvalue weighted by Crippen LogP contribution is 2.47. The molecule has 1 N–H and O–H groups in total. The van der Waals surface area contributed by atoms with E-state index in [0.717, 1.165) is 11.0 Å². The van der Waals surface area contributed by atoms with Crippen molar-refractivity contribution in [2.75, 3.05) is 18.0 Å². The fourth-order valence-electron chi connectivity index (χ4n) is 2.38. The van der Waals surface area contributed by atoms with Crippen LogP contribution in [0.5, 0.6) is 0 Å². The number of aliphatic carboxylic acids is 1. The molecular weight excluding hydrogens is 292 g/mol. The number of halogens is 4. The minimum Gasteiger partial charge on any atom is -0.481 e. The van der Waals surface area contributed by atoms with Gasteiger partial charge in [-0.1, -0.05) is 0 Å². The molecule has 0 amide bonds. The van der Waals surface area contributed by atoms with Crippen LogP contribution in [0, 0.1) is 22.6 Å². The quantitative estimate of drug-likeness (QED) is 0.853. The first-order chi connectivity index (χ1) is 9.71. The summed E-state index contributed by atoms with van der Waals surface area (Å²) in [5, 5.41) is 17.6. The molecule has 1 heterocycles. The Kier molecular flexibility index (Phi) is 3.53. The van der Waals surface area contributed by atoms with E-state index in [2.05, 4.69) is 0 Å². The summed E-state index contributed by atoms with van der Waals surface area (Å²) in [6, 6.07) is 5.07. The molecule has 1 aliphatic heterocycles. The van der Waals surface area contributed by atoms with Crippen molar-refractivity contribution in [3.63, 3.8) is 0 Å². The van der Waals surface area contributed by atoms with Crippen molar-refractivity contribution >= 4 is 11.7 Å². The zero-order valence-corrected chi connectivity index (χ0v) is 10.6. The first-order valence-corrected chi connectivity index (χ1v) is 5.96. The first kappa shape index (κ1) is 15.1. The van der Waals surface area contributed by atoms with Crippen LogP contribution in [0.25, 0.3) is 0 Å². The Balaban J connectivity index is 2.34. The van der Waals surface area contributed by atoms with Gasteiger partial charge < -0.3 is 10.0 Å². The summed E-state index contributed by atoms with van der Waals surface area (Å²) in [5.41, 5.74) is -3.00. The molecule has 4 nitrogen and oxygen atoms in total. The van der Waals surface area contributed by atoms with Crippen molar-refractivity contribution in [3.8, 4) is 6.07 Å². The van der Waals surface area contributed by atoms with Crippen molar-refractivity contribution in [2.45, 2.75) is 12.6 Å². The summed E-state index contributed by atoms with van der Waals surface area (Å²) in [6.45, 7) is -1.08. The van der Waals surface area contributed by atoms with E-state index in [1.165, 1.54) is 12.1 Å². The van der Waals surface area contributed by atoms with E-state index in [0.29, 0.717) is 0 Å². The average Bonchev–Trinajstić information content (AvgIpc) is 2.84. The lowest BCUT2D eigenvalue weighted by Gasteiger charge is -2.28. The highest BCUT2D eigenvalue weighted by atomic mass is 19.4. The van der Waals surface area contributed by atoms with Crippen LogP contribution >= 0.6 is 0 Å². The van der Waals surface area contributed by atoms with Gasteiger partial charge in [0.15, 0.2) is 5.41 Å². The van der Waals surface area contributed by atoms with Crippen LogP contribution in [0.3, 0.4) is 0 Å². The number of benzene rings is 1. The number of alkyl halides is 3. The standard InChI is InChI=1S/C13H10F4N2O2/c14-9-5-8(6-18)1-2-10(9)19-4-3-12(7-19,11(20)21)13(15,16)17/h1-2,5H,3-4,7H2,(H,20,21). The molecular formula is C13H10F4N2O2. The molecule has 1 aromatic carbocycles. The Morgan fingerprint density at radius 2 is 2.10 bits per heavy atom. The summed E-state index contributed by atoms with van der Waals surface area (Å²) in [4.78, 5) is 12.1. The number of carboxylic acids is 1. The third kappa shape index (κ3) is 2.39. The zero-order valence-electron chi connectivity index (χ0n) is 10.6. The number of nitriles is 1. The maximum Gasteiger partial charge on any atom is 0.406 e. The van der Waals surface area contributed by atoms with Crippen molar-refractivity contribution in [1.29, 1.82) is 5.26 Å². The number of anilines is 1. The molecule has 1 saturated heterocycles. The Morgan fingerprint density at radius 3 is 2.52 bits per heavy atom. The molecule has 0 aromatic heterocycles. The van der Waals surface area contributed by atoms with E-state index in [1.54, 1.807) is 6.07 Å². The van der Waals surface area contributed by atoms with Crippen LogP contribution in [0.4, 0.5) is 23.2 Å². The molecule has 112 valence electrons. The smallest absolute Gasteiger partial charge is 0.406 e. The molecule has 0 bridgehead atoms. The van der Waals surface area contributed by atoms with Crippen LogP contribution in [-0.4, -0.2) is 30.3 Å². The van der Waals surface area contributed by atoms with Gasteiger partial charge in [0.25, 0.3) is 0 Å². The monoisotopic (exact) mass is 302 g/mol. The van der Waals surface area contributed by atoms with Crippen LogP contribution in [0.2, 0.25) is 0 Å². The molecule has 1 unspecified atom stereocenters. The molecule has 0 saturated carbocycles. The van der Waals surface area contributed by atoms with Gasteiger partial charge in [0, 0.05) is 13.1 Å². The maximum atomic E-state index is 13.8. The van der Waals surface area contributed by atoms with Crippen molar-refractivity contribution in [2.24, 2.45) is 5.41 Å². The lowest BCUT2D eigenvalue weighted by atomic mass is 9.86. The minimum absolute atomic E-state index is 0.0377. The fraction of sp³-hybridized carbons (Fsp3) is 0.385. The van der Waals surface area contributed by atoms with Gasteiger partial charge in [-0.3, -0.25) is 4.79 Å². The first-order valence-electron chi connectivity index (χ1n) is 5.96. The minimum atomic E-state index is -4.92. The van der Waals surface area contributed by atoms with Crippen molar-refractivity contribution in [3.05, 3.63) is 29.6 Å². The van der Waals surface area contributed by atoms with Gasteiger partial charge >= 0.3 is 12.1 Å². The predicted molar refractivity (Wildman–Crippen MR) is 64.1 cm³/mol. The van der Waals surface area contributed by atoms with Gasteiger partial charge in [0.1, 0.15) is 5.82 Å². The highest BCUT2D eigenvalue weighted by Gasteiger charge is 2.63. The molecule has 0 spiro atoms. The number of hydrogen-bond donors (Lipinski definition) is 1. The average molecular weight is 302 g/mol. The molecule has 0 aliphatic carbocycles. The van der Waals surface area contributed by atoms with Gasteiger partial charge in [0.2, 0.25) is 0 Å². The molecule has 2 rings (SSSR count). The van der Waals surface area contributed by atoms with Crippen LogP contribution in [0.1, 0.15) is 12.0 Å². The lowest BCUT2D eigenvalue weighted by molar-refractivity contribution is -0.225. The van der Waals surface area contributed by atoms with Crippen LogP contribution in [-0.2, 0) is 4.79 Å². The summed E-state index contributed by atoms with van der Waals surface area (Å²) in [7, 11) is 0. The summed E-state index contributed by atoms with van der Waals surface area (Å²) >= 11 is 0. The van der Waals surface area contributed by atoms with E-state index >= 15 is 0 Å². The number of nitrogens with zero attached hydrogens (tertiary/aromatic N) is 2. The third-order valence-corrected chi connectivity index (χ3v) is 3.64. The largest absolute Gasteiger partial charge is 0.481 e. The molecule has 1 atom stereocenters. The lowest BCUT2D eigenvalue weighted by Crippen LogP contribution is -2.47. The van der Waals surface area contributed by atoms with E-state index in [9.17, 15) is 22.4 Å². The summed E-state index contributed by atoms with van der Waals surface area (Å²) in [6.07, 6.45) is -5.57. The number of carbonyl (C=O) groups is 1. The molecule has 21 heavy (non-hydrogen) atoms. The van der Waals surface area contributed by atoms with Gasteiger partial charge in [0.05, 0.1) is 17.3 Å². The third-order valence-electron chi connectivity index (χ3n) is 3.64. The fourth-order valence-corrected chi connectivity index (χ4v) is 2.38. The normalized spacial score (nSPS) is 22.1. The topological polar surface area (TPSA) is 64.3 Å². The number of hydrogen-bond acceptors (Lipinski definition) is 3. The van der Waals surface area contributed by atoms with Crippen molar-refractivity contribution < 1.29 is 27.5 Å². The van der Waals surface area contributed by atoms with Crippen molar-refractivity contribution in [1.82, 2.24) is 0 Å². The molecule has 8 heteroatoms. The second kappa shape index (κ2) is 4.91. The Hall–Kier alpha value is -2.30. The second-order valence-electron chi connectivity index (χ2n) is 4.83. The SMILES string of the molecule is N#Cc1ccc(N2CCC(C(=O)O)(C(F)(F)F)C2)c(F)c1. The van der Waals surface area contributed by atoms with E-state index in [1.807, 2.05) is 0 Å². The van der Waals surface area contributed by atoms with E-state index < -0.39 is 36.3 Å². The zero-order chi connectivity index (χ0) is 15.8. The Morgan fingerprint density at radius 1 is 1.43 bits per heavy atom. The van der Waals surface area contributed by atoms with Gasteiger partial charge in [-0.15, -0.1) is 0 Å². The van der Waals surface area contributed by atoms with Gasteiger partial charge in [-0.25, -0.2) is 4.39 Å². The predicted octanol–water partition coefficient (Wildman–Crippen LogP) is 2.54. The van der Waals surface area contributed by atoms with E-state index in [4.69, 9.17) is 10.4 Å². The molecule has 1 aromatic rings.